The third kappa shape index (κ3) is 9.17. The highest BCUT2D eigenvalue weighted by Crippen LogP contribution is 2.46. The molecule has 8 heteroatoms. The van der Waals surface area contributed by atoms with E-state index in [1.807, 2.05) is 30.3 Å². The molecular weight excluding hydrogens is 545 g/mol. The second-order valence-corrected chi connectivity index (χ2v) is 9.83. The van der Waals surface area contributed by atoms with Crippen LogP contribution in [0.5, 0.6) is 5.75 Å². The second kappa shape index (κ2) is 15.6. The molecule has 0 amide bonds. The lowest BCUT2D eigenvalue weighted by molar-refractivity contribution is 0.112. The van der Waals surface area contributed by atoms with Gasteiger partial charge in [0, 0.05) is 29.2 Å². The molecule has 2 aliphatic rings. The Morgan fingerprint density at radius 1 is 0.921 bits per heavy atom. The fourth-order valence-electron chi connectivity index (χ4n) is 3.29. The van der Waals surface area contributed by atoms with Crippen LogP contribution in [0.2, 0.25) is 15.1 Å². The van der Waals surface area contributed by atoms with E-state index in [1.54, 1.807) is 42.5 Å². The maximum absolute atomic E-state index is 10.0. The van der Waals surface area contributed by atoms with E-state index < -0.39 is 0 Å². The average molecular weight is 575 g/mol. The van der Waals surface area contributed by atoms with E-state index in [1.165, 1.54) is 19.3 Å². The third-order valence-electron chi connectivity index (χ3n) is 5.43. The first-order valence-electron chi connectivity index (χ1n) is 12.3. The van der Waals surface area contributed by atoms with Crippen LogP contribution in [0.3, 0.4) is 0 Å². The van der Waals surface area contributed by atoms with Crippen molar-refractivity contribution in [2.24, 2.45) is 0 Å². The molecule has 2 fully saturated rings. The first-order chi connectivity index (χ1) is 18.6. The van der Waals surface area contributed by atoms with Gasteiger partial charge in [-0.05, 0) is 43.2 Å². The van der Waals surface area contributed by atoms with E-state index in [4.69, 9.17) is 49.2 Å². The normalized spacial score (nSPS) is 13.0. The molecule has 1 aromatic heterocycles. The average Bonchev–Trinajstić information content (AvgIpc) is 3.88. The van der Waals surface area contributed by atoms with Gasteiger partial charge in [0.1, 0.15) is 30.1 Å². The smallest absolute Gasteiger partial charge is 0.150 e. The Balaban J connectivity index is 0.000000253. The molecule has 2 aliphatic carbocycles. The van der Waals surface area contributed by atoms with Gasteiger partial charge >= 0.3 is 0 Å². The molecular formula is C30H30Cl3NO4. The first kappa shape index (κ1) is 29.7. The number of carbonyl (C=O) groups excluding carboxylic acids is 1. The van der Waals surface area contributed by atoms with Crippen molar-refractivity contribution in [2.45, 2.75) is 44.6 Å². The first-order valence-corrected chi connectivity index (χ1v) is 13.5. The molecule has 3 aromatic carbocycles. The van der Waals surface area contributed by atoms with Crippen molar-refractivity contribution in [3.05, 3.63) is 105 Å². The molecule has 2 saturated carbocycles. The minimum Gasteiger partial charge on any atom is -0.489 e. The van der Waals surface area contributed by atoms with Gasteiger partial charge in [0.15, 0.2) is 0 Å². The maximum Gasteiger partial charge on any atom is 0.150 e. The fourth-order valence-corrected chi connectivity index (χ4v) is 4.05. The number of ether oxygens (including phenoxy) is 1. The van der Waals surface area contributed by atoms with Gasteiger partial charge in [0.05, 0.1) is 15.6 Å². The van der Waals surface area contributed by atoms with Gasteiger partial charge in [-0.1, -0.05) is 102 Å². The highest BCUT2D eigenvalue weighted by atomic mass is 35.5. The standard InChI is InChI=1S/C19H14Cl3NO2.C7H6O.C3H6.CH4O/c20-12-3-1-4-13(9-12)24-10-14-18(23-25-19(14)11-7-8-11)17-15(21)5-2-6-16(17)22;8-6-7-4-2-1-3-5-7;1-2-3-1;1-2/h1-6,9,11H,7-8,10H2;1-6H;1-3H2;2H,1H3. The van der Waals surface area contributed by atoms with Crippen LogP contribution in [0.1, 0.15) is 59.7 Å². The third-order valence-corrected chi connectivity index (χ3v) is 6.30. The van der Waals surface area contributed by atoms with E-state index in [2.05, 4.69) is 5.16 Å². The minimum absolute atomic E-state index is 0.312. The van der Waals surface area contributed by atoms with Gasteiger partial charge in [-0.3, -0.25) is 4.79 Å². The zero-order valence-corrected chi connectivity index (χ0v) is 23.3. The summed E-state index contributed by atoms with van der Waals surface area (Å²) in [5.41, 5.74) is 2.93. The Morgan fingerprint density at radius 3 is 2.08 bits per heavy atom. The molecule has 6 rings (SSSR count). The predicted molar refractivity (Wildman–Crippen MR) is 154 cm³/mol. The van der Waals surface area contributed by atoms with Gasteiger partial charge in [-0.2, -0.15) is 0 Å². The lowest BCUT2D eigenvalue weighted by Gasteiger charge is -2.09. The number of carbonyl (C=O) groups is 1. The molecule has 1 heterocycles. The van der Waals surface area contributed by atoms with Gasteiger partial charge in [-0.25, -0.2) is 0 Å². The summed E-state index contributed by atoms with van der Waals surface area (Å²) in [7, 11) is 1.00. The molecule has 0 radical (unpaired) electrons. The van der Waals surface area contributed by atoms with Gasteiger partial charge in [0.2, 0.25) is 0 Å². The Hall–Kier alpha value is -2.83. The van der Waals surface area contributed by atoms with Crippen LogP contribution in [0.25, 0.3) is 11.3 Å². The summed E-state index contributed by atoms with van der Waals surface area (Å²) in [6.45, 7) is 0.312. The Morgan fingerprint density at radius 2 is 1.55 bits per heavy atom. The van der Waals surface area contributed by atoms with Gasteiger partial charge in [0.25, 0.3) is 0 Å². The maximum atomic E-state index is 10.0. The quantitative estimate of drug-likeness (QED) is 0.233. The highest BCUT2D eigenvalue weighted by molar-refractivity contribution is 6.39. The van der Waals surface area contributed by atoms with Crippen LogP contribution >= 0.6 is 34.8 Å². The fraction of sp³-hybridized carbons (Fsp3) is 0.267. The summed E-state index contributed by atoms with van der Waals surface area (Å²) in [4.78, 5) is 10.0. The lowest BCUT2D eigenvalue weighted by atomic mass is 10.0. The number of halogens is 3. The topological polar surface area (TPSA) is 72.6 Å². The molecule has 0 saturated heterocycles. The van der Waals surface area contributed by atoms with E-state index >= 15 is 0 Å². The summed E-state index contributed by atoms with van der Waals surface area (Å²) >= 11 is 18.7. The molecule has 1 N–H and O–H groups in total. The van der Waals surface area contributed by atoms with Crippen molar-refractivity contribution in [1.82, 2.24) is 5.16 Å². The van der Waals surface area contributed by atoms with Crippen LogP contribution < -0.4 is 4.74 Å². The zero-order chi connectivity index (χ0) is 27.3. The largest absolute Gasteiger partial charge is 0.489 e. The van der Waals surface area contributed by atoms with Gasteiger partial charge < -0.3 is 14.4 Å². The number of aliphatic hydroxyl groups excluding tert-OH is 1. The number of aldehydes is 1. The SMILES string of the molecule is C1CC1.CO.Clc1cccc(OCc2c(-c3c(Cl)cccc3Cl)noc2C2CC2)c1.O=Cc1ccccc1. The minimum atomic E-state index is 0.312. The van der Waals surface area contributed by atoms with E-state index in [-0.39, 0.29) is 0 Å². The molecule has 200 valence electrons. The van der Waals surface area contributed by atoms with Crippen molar-refractivity contribution >= 4 is 41.1 Å². The zero-order valence-electron chi connectivity index (χ0n) is 21.1. The molecule has 0 aliphatic heterocycles. The van der Waals surface area contributed by atoms with E-state index in [0.717, 1.165) is 43.1 Å². The molecule has 0 atom stereocenters. The summed E-state index contributed by atoms with van der Waals surface area (Å²) < 4.78 is 11.5. The molecule has 0 spiro atoms. The Bertz CT molecular complexity index is 1260. The lowest BCUT2D eigenvalue weighted by Crippen LogP contribution is -2.00. The van der Waals surface area contributed by atoms with Crippen molar-refractivity contribution < 1.29 is 19.2 Å². The predicted octanol–water partition coefficient (Wildman–Crippen LogP) is 9.04. The van der Waals surface area contributed by atoms with Crippen LogP contribution in [-0.4, -0.2) is 23.7 Å². The van der Waals surface area contributed by atoms with Crippen LogP contribution in [0.4, 0.5) is 0 Å². The number of aliphatic hydroxyl groups is 1. The van der Waals surface area contributed by atoms with Crippen LogP contribution in [0.15, 0.2) is 77.3 Å². The Kier molecular flexibility index (Phi) is 12.2. The second-order valence-electron chi connectivity index (χ2n) is 8.58. The van der Waals surface area contributed by atoms with Gasteiger partial charge in [-0.15, -0.1) is 0 Å². The van der Waals surface area contributed by atoms with E-state index in [0.29, 0.717) is 44.6 Å². The monoisotopic (exact) mass is 573 g/mol. The number of benzene rings is 3. The van der Waals surface area contributed by atoms with Crippen molar-refractivity contribution in [1.29, 1.82) is 0 Å². The number of nitrogens with zero attached hydrogens (tertiary/aromatic N) is 1. The molecule has 38 heavy (non-hydrogen) atoms. The van der Waals surface area contributed by atoms with Crippen LogP contribution in [0, 0.1) is 0 Å². The summed E-state index contributed by atoms with van der Waals surface area (Å²) in [5, 5.41) is 12.9. The summed E-state index contributed by atoms with van der Waals surface area (Å²) in [6.07, 6.45) is 7.52. The number of hydrogen-bond acceptors (Lipinski definition) is 5. The number of aromatic nitrogens is 1. The van der Waals surface area contributed by atoms with Crippen LogP contribution in [-0.2, 0) is 6.61 Å². The molecule has 4 aromatic rings. The van der Waals surface area contributed by atoms with E-state index in [9.17, 15) is 4.79 Å². The highest BCUT2D eigenvalue weighted by Gasteiger charge is 2.33. The number of rotatable bonds is 6. The molecule has 5 nitrogen and oxygen atoms in total. The molecule has 0 unspecified atom stereocenters. The molecule has 0 bridgehead atoms. The van der Waals surface area contributed by atoms with Crippen molar-refractivity contribution in [3.63, 3.8) is 0 Å². The summed E-state index contributed by atoms with van der Waals surface area (Å²) in [6, 6.07) is 21.8. The number of hydrogen-bond donors (Lipinski definition) is 1. The van der Waals surface area contributed by atoms with Crippen molar-refractivity contribution in [2.75, 3.05) is 7.11 Å². The van der Waals surface area contributed by atoms with Crippen molar-refractivity contribution in [3.8, 4) is 17.0 Å². The summed E-state index contributed by atoms with van der Waals surface area (Å²) in [5.74, 6) is 1.93. The Labute approximate surface area is 238 Å².